The van der Waals surface area contributed by atoms with Crippen LogP contribution in [0.4, 0.5) is 0 Å². The smallest absolute Gasteiger partial charge is 0.244 e. The first-order valence-corrected chi connectivity index (χ1v) is 10.6. The summed E-state index contributed by atoms with van der Waals surface area (Å²) >= 11 is 0. The number of carbonyl (C=O) groups excluding carboxylic acids is 1. The number of amides is 1. The van der Waals surface area contributed by atoms with Crippen LogP contribution in [0.3, 0.4) is 0 Å². The van der Waals surface area contributed by atoms with Gasteiger partial charge in [0.1, 0.15) is 11.5 Å². The third kappa shape index (κ3) is 5.95. The number of aromatic nitrogens is 2. The monoisotopic (exact) mass is 417 g/mol. The van der Waals surface area contributed by atoms with E-state index in [0.29, 0.717) is 28.8 Å². The van der Waals surface area contributed by atoms with Crippen LogP contribution >= 0.6 is 0 Å². The highest BCUT2D eigenvalue weighted by molar-refractivity contribution is 5.75. The van der Waals surface area contributed by atoms with Crippen LogP contribution in [0.1, 0.15) is 69.6 Å². The predicted molar refractivity (Wildman–Crippen MR) is 111 cm³/mol. The fourth-order valence-corrected chi connectivity index (χ4v) is 4.17. The van der Waals surface area contributed by atoms with Crippen molar-refractivity contribution in [1.29, 1.82) is 0 Å². The van der Waals surface area contributed by atoms with E-state index in [4.69, 9.17) is 19.2 Å². The maximum Gasteiger partial charge on any atom is 0.244 e. The maximum absolute atomic E-state index is 11.8. The largest absolute Gasteiger partial charge is 0.497 e. The van der Waals surface area contributed by atoms with E-state index < -0.39 is 5.91 Å². The van der Waals surface area contributed by atoms with Gasteiger partial charge in [-0.25, -0.2) is 5.48 Å². The van der Waals surface area contributed by atoms with Crippen LogP contribution in [0, 0.1) is 5.92 Å². The second-order valence-electron chi connectivity index (χ2n) is 7.93. The van der Waals surface area contributed by atoms with Crippen LogP contribution in [-0.2, 0) is 4.79 Å². The van der Waals surface area contributed by atoms with Gasteiger partial charge in [-0.2, -0.15) is 4.98 Å². The molecule has 164 valence electrons. The molecule has 8 heteroatoms. The van der Waals surface area contributed by atoms with Crippen LogP contribution in [0.15, 0.2) is 22.7 Å². The van der Waals surface area contributed by atoms with Gasteiger partial charge in [0.2, 0.25) is 17.6 Å². The minimum atomic E-state index is -0.458. The Labute approximate surface area is 176 Å². The van der Waals surface area contributed by atoms with E-state index >= 15 is 0 Å². The molecule has 0 spiro atoms. The minimum Gasteiger partial charge on any atom is -0.497 e. The Balaban J connectivity index is 1.72. The summed E-state index contributed by atoms with van der Waals surface area (Å²) in [7, 11) is 3.16. The number of hydroxylamine groups is 1. The lowest BCUT2D eigenvalue weighted by atomic mass is 9.84. The molecule has 0 unspecified atom stereocenters. The van der Waals surface area contributed by atoms with Crippen LogP contribution in [0.5, 0.6) is 11.5 Å². The molecule has 1 heterocycles. The zero-order chi connectivity index (χ0) is 21.3. The summed E-state index contributed by atoms with van der Waals surface area (Å²) in [6.45, 7) is 0. The molecule has 1 aliphatic carbocycles. The Morgan fingerprint density at radius 2 is 1.90 bits per heavy atom. The fraction of sp³-hybridized carbons (Fsp3) is 0.591. The summed E-state index contributed by atoms with van der Waals surface area (Å²) in [5.41, 5.74) is 2.41. The summed E-state index contributed by atoms with van der Waals surface area (Å²) in [6.07, 6.45) is 9.56. The van der Waals surface area contributed by atoms with E-state index in [0.717, 1.165) is 25.2 Å². The Hall–Kier alpha value is -2.61. The van der Waals surface area contributed by atoms with Crippen molar-refractivity contribution in [3.8, 4) is 22.9 Å². The molecule has 0 radical (unpaired) electrons. The maximum atomic E-state index is 11.8. The lowest BCUT2D eigenvalue weighted by Gasteiger charge is -2.22. The van der Waals surface area contributed by atoms with Crippen molar-refractivity contribution in [2.24, 2.45) is 5.92 Å². The molecule has 1 aromatic carbocycles. The fourth-order valence-electron chi connectivity index (χ4n) is 4.17. The zero-order valence-corrected chi connectivity index (χ0v) is 17.7. The molecule has 1 atom stereocenters. The number of hydrogen-bond acceptors (Lipinski definition) is 7. The number of methoxy groups -OCH3 is 2. The summed E-state index contributed by atoms with van der Waals surface area (Å²) in [5, 5.41) is 13.1. The highest BCUT2D eigenvalue weighted by Crippen LogP contribution is 2.33. The zero-order valence-electron chi connectivity index (χ0n) is 17.7. The predicted octanol–water partition coefficient (Wildman–Crippen LogP) is 4.48. The van der Waals surface area contributed by atoms with Gasteiger partial charge in [0.05, 0.1) is 14.2 Å². The summed E-state index contributed by atoms with van der Waals surface area (Å²) < 4.78 is 16.1. The van der Waals surface area contributed by atoms with Gasteiger partial charge in [0.15, 0.2) is 0 Å². The van der Waals surface area contributed by atoms with Gasteiger partial charge in [-0.15, -0.1) is 0 Å². The van der Waals surface area contributed by atoms with Crippen LogP contribution < -0.4 is 15.0 Å². The molecule has 2 N–H and O–H groups in total. The van der Waals surface area contributed by atoms with Crippen molar-refractivity contribution >= 4 is 5.91 Å². The molecule has 0 aliphatic heterocycles. The second-order valence-corrected chi connectivity index (χ2v) is 7.93. The third-order valence-electron chi connectivity index (χ3n) is 5.85. The van der Waals surface area contributed by atoms with Gasteiger partial charge in [-0.3, -0.25) is 10.0 Å². The van der Waals surface area contributed by atoms with E-state index in [1.165, 1.54) is 32.1 Å². The molecule has 0 bridgehead atoms. The van der Waals surface area contributed by atoms with E-state index in [2.05, 4.69) is 10.1 Å². The minimum absolute atomic E-state index is 0.101. The second kappa shape index (κ2) is 11.0. The molecular weight excluding hydrogens is 386 g/mol. The van der Waals surface area contributed by atoms with Gasteiger partial charge in [0.25, 0.3) is 0 Å². The highest BCUT2D eigenvalue weighted by Gasteiger charge is 2.24. The number of carbonyl (C=O) groups is 1. The van der Waals surface area contributed by atoms with Gasteiger partial charge in [-0.05, 0) is 24.5 Å². The molecule has 2 aromatic rings. The molecule has 30 heavy (non-hydrogen) atoms. The van der Waals surface area contributed by atoms with Crippen molar-refractivity contribution in [3.63, 3.8) is 0 Å². The highest BCUT2D eigenvalue weighted by atomic mass is 16.5. The van der Waals surface area contributed by atoms with Crippen molar-refractivity contribution in [2.45, 2.75) is 63.7 Å². The Morgan fingerprint density at radius 1 is 1.20 bits per heavy atom. The number of benzene rings is 1. The van der Waals surface area contributed by atoms with E-state index in [9.17, 15) is 4.79 Å². The summed E-state index contributed by atoms with van der Waals surface area (Å²) in [6, 6.07) is 5.37. The molecular formula is C22H31N3O5. The molecule has 1 amide bonds. The molecule has 1 saturated carbocycles. The van der Waals surface area contributed by atoms with Crippen LogP contribution in [0.2, 0.25) is 0 Å². The van der Waals surface area contributed by atoms with Crippen molar-refractivity contribution in [3.05, 3.63) is 24.1 Å². The van der Waals surface area contributed by atoms with Gasteiger partial charge in [0, 0.05) is 24.0 Å². The van der Waals surface area contributed by atoms with Crippen molar-refractivity contribution in [1.82, 2.24) is 15.6 Å². The van der Waals surface area contributed by atoms with Gasteiger partial charge >= 0.3 is 0 Å². The molecule has 3 rings (SSSR count). The first kappa shape index (κ1) is 22.1. The van der Waals surface area contributed by atoms with Crippen LogP contribution in [-0.4, -0.2) is 35.5 Å². The Morgan fingerprint density at radius 3 is 2.53 bits per heavy atom. The SMILES string of the molecule is COc1cc(OC)cc(-c2noc([C@H](CCCC3CCCCC3)CC(=O)NO)n2)c1. The molecule has 0 saturated heterocycles. The molecule has 8 nitrogen and oxygen atoms in total. The Bertz CT molecular complexity index is 795. The first-order chi connectivity index (χ1) is 14.6. The Kier molecular flexibility index (Phi) is 8.07. The number of rotatable bonds is 10. The average molecular weight is 418 g/mol. The number of nitrogens with one attached hydrogen (secondary N) is 1. The van der Waals surface area contributed by atoms with Crippen molar-refractivity contribution in [2.75, 3.05) is 14.2 Å². The van der Waals surface area contributed by atoms with Crippen molar-refractivity contribution < 1.29 is 24.0 Å². The average Bonchev–Trinajstić information content (AvgIpc) is 3.29. The molecule has 1 aromatic heterocycles. The summed E-state index contributed by atoms with van der Waals surface area (Å²) in [4.78, 5) is 16.4. The lowest BCUT2D eigenvalue weighted by Crippen LogP contribution is -2.21. The quantitative estimate of drug-likeness (QED) is 0.433. The molecule has 1 fully saturated rings. The molecule has 1 aliphatic rings. The first-order valence-electron chi connectivity index (χ1n) is 10.6. The number of ether oxygens (including phenoxy) is 2. The standard InChI is InChI=1S/C22H31N3O5/c1-28-18-11-17(12-19(14-18)29-2)21-23-22(30-25-21)16(13-20(26)24-27)10-6-9-15-7-4-3-5-8-15/h11-12,14-16,27H,3-10,13H2,1-2H3,(H,24,26)/t16-/m1/s1. The van der Waals surface area contributed by atoms with E-state index in [1.54, 1.807) is 37.9 Å². The number of nitrogens with zero attached hydrogens (tertiary/aromatic N) is 2. The lowest BCUT2D eigenvalue weighted by molar-refractivity contribution is -0.129. The topological polar surface area (TPSA) is 107 Å². The van der Waals surface area contributed by atoms with E-state index in [1.807, 2.05) is 0 Å². The van der Waals surface area contributed by atoms with E-state index in [-0.39, 0.29) is 12.3 Å². The third-order valence-corrected chi connectivity index (χ3v) is 5.85. The number of hydrogen-bond donors (Lipinski definition) is 2. The van der Waals surface area contributed by atoms with Gasteiger partial charge in [-0.1, -0.05) is 50.1 Å². The van der Waals surface area contributed by atoms with Gasteiger partial charge < -0.3 is 14.0 Å². The normalized spacial score (nSPS) is 15.6. The van der Waals surface area contributed by atoms with Crippen LogP contribution in [0.25, 0.3) is 11.4 Å². The summed E-state index contributed by atoms with van der Waals surface area (Å²) in [5.74, 6) is 2.13.